The monoisotopic (exact) mass is 353 g/mol. The van der Waals surface area contributed by atoms with Gasteiger partial charge >= 0.3 is 0 Å². The summed E-state index contributed by atoms with van der Waals surface area (Å²) < 4.78 is 0. The van der Waals surface area contributed by atoms with Crippen molar-refractivity contribution in [3.8, 4) is 0 Å². The van der Waals surface area contributed by atoms with Gasteiger partial charge in [-0.1, -0.05) is 26.3 Å². The molecular formula is C20H27N5O. The average Bonchev–Trinajstić information content (AvgIpc) is 2.58. The lowest BCUT2D eigenvalue weighted by atomic mass is 9.72. The van der Waals surface area contributed by atoms with Gasteiger partial charge in [-0.15, -0.1) is 0 Å². The number of guanidine groups is 2. The number of rotatable bonds is 1. The highest BCUT2D eigenvalue weighted by Crippen LogP contribution is 2.42. The maximum atomic E-state index is 12.6. The largest absolute Gasteiger partial charge is 0.369 e. The normalized spacial score (nSPS) is 24.1. The zero-order valence-corrected chi connectivity index (χ0v) is 15.6. The van der Waals surface area contributed by atoms with Crippen LogP contribution < -0.4 is 16.4 Å². The number of carbonyl (C=O) groups is 1. The summed E-state index contributed by atoms with van der Waals surface area (Å²) in [5.41, 5.74) is 14.6. The lowest BCUT2D eigenvalue weighted by Gasteiger charge is -2.46. The molecule has 0 bridgehead atoms. The van der Waals surface area contributed by atoms with Crippen molar-refractivity contribution in [2.75, 3.05) is 4.90 Å². The van der Waals surface area contributed by atoms with Crippen molar-refractivity contribution in [2.45, 2.75) is 69.9 Å². The van der Waals surface area contributed by atoms with Gasteiger partial charge in [0, 0.05) is 17.7 Å². The molecule has 6 heteroatoms. The minimum Gasteiger partial charge on any atom is -0.369 e. The van der Waals surface area contributed by atoms with Crippen molar-refractivity contribution in [1.82, 2.24) is 0 Å². The van der Waals surface area contributed by atoms with Crippen molar-refractivity contribution in [3.05, 3.63) is 29.3 Å². The zero-order chi connectivity index (χ0) is 18.5. The molecule has 4 N–H and O–H groups in total. The lowest BCUT2D eigenvalue weighted by molar-refractivity contribution is 0.0956. The second kappa shape index (κ2) is 5.83. The van der Waals surface area contributed by atoms with E-state index in [1.54, 1.807) is 0 Å². The van der Waals surface area contributed by atoms with Crippen LogP contribution in [0.15, 0.2) is 28.2 Å². The minimum atomic E-state index is -0.477. The molecule has 4 rings (SSSR count). The first-order valence-corrected chi connectivity index (χ1v) is 9.50. The summed E-state index contributed by atoms with van der Waals surface area (Å²) in [4.78, 5) is 23.5. The van der Waals surface area contributed by atoms with Crippen LogP contribution in [0.2, 0.25) is 0 Å². The molecular weight excluding hydrogens is 326 g/mol. The van der Waals surface area contributed by atoms with E-state index >= 15 is 0 Å². The van der Waals surface area contributed by atoms with E-state index in [2.05, 4.69) is 31.0 Å². The fourth-order valence-electron chi connectivity index (χ4n) is 4.68. The summed E-state index contributed by atoms with van der Waals surface area (Å²) in [6.45, 7) is 4.39. The third-order valence-electron chi connectivity index (χ3n) is 6.12. The molecule has 0 amide bonds. The molecule has 0 radical (unpaired) electrons. The summed E-state index contributed by atoms with van der Waals surface area (Å²) in [6, 6.07) is 6.11. The molecule has 6 nitrogen and oxygen atoms in total. The molecule has 0 atom stereocenters. The molecule has 26 heavy (non-hydrogen) atoms. The van der Waals surface area contributed by atoms with Crippen LogP contribution in [0.5, 0.6) is 0 Å². The Morgan fingerprint density at radius 1 is 1.08 bits per heavy atom. The van der Waals surface area contributed by atoms with Crippen LogP contribution in [0.3, 0.4) is 0 Å². The van der Waals surface area contributed by atoms with Crippen LogP contribution in [-0.2, 0) is 5.41 Å². The number of nitrogens with two attached hydrogens (primary N) is 2. The van der Waals surface area contributed by atoms with Crippen LogP contribution in [0.4, 0.5) is 5.69 Å². The third-order valence-corrected chi connectivity index (χ3v) is 6.12. The third kappa shape index (κ3) is 2.59. The highest BCUT2D eigenvalue weighted by atomic mass is 16.1. The topological polar surface area (TPSA) is 97.1 Å². The van der Waals surface area contributed by atoms with Gasteiger partial charge in [0.05, 0.1) is 0 Å². The highest BCUT2D eigenvalue weighted by molar-refractivity contribution is 6.07. The molecule has 1 fully saturated rings. The molecule has 1 spiro atoms. The average molecular weight is 353 g/mol. The maximum Gasteiger partial charge on any atom is 0.220 e. The van der Waals surface area contributed by atoms with E-state index in [-0.39, 0.29) is 17.2 Å². The first-order chi connectivity index (χ1) is 12.3. The van der Waals surface area contributed by atoms with Crippen LogP contribution in [0.25, 0.3) is 0 Å². The fourth-order valence-corrected chi connectivity index (χ4v) is 4.68. The number of anilines is 1. The van der Waals surface area contributed by atoms with E-state index in [1.807, 2.05) is 11.0 Å². The Morgan fingerprint density at radius 3 is 2.54 bits per heavy atom. The van der Waals surface area contributed by atoms with Crippen molar-refractivity contribution in [2.24, 2.45) is 21.5 Å². The molecule has 3 aliphatic rings. The van der Waals surface area contributed by atoms with Crippen LogP contribution in [0, 0.1) is 0 Å². The van der Waals surface area contributed by atoms with E-state index in [1.165, 1.54) is 6.42 Å². The highest BCUT2D eigenvalue weighted by Gasteiger charge is 2.43. The number of nitrogens with zero attached hydrogens (tertiary/aromatic N) is 3. The number of hydrogen-bond acceptors (Lipinski definition) is 6. The molecule has 1 aromatic carbocycles. The van der Waals surface area contributed by atoms with Gasteiger partial charge in [-0.25, -0.2) is 4.99 Å². The Balaban J connectivity index is 1.82. The Bertz CT molecular complexity index is 817. The fraction of sp³-hybridized carbons (Fsp3) is 0.550. The SMILES string of the molecule is CC1(C)CCC(=O)c2cc(N3C(N)=NC(N)=NC34CCCCC4)ccc21. The van der Waals surface area contributed by atoms with Crippen LogP contribution >= 0.6 is 0 Å². The number of aliphatic imine (C=N–C) groups is 2. The van der Waals surface area contributed by atoms with E-state index in [0.717, 1.165) is 48.9 Å². The molecule has 2 aliphatic carbocycles. The molecule has 0 aromatic heterocycles. The maximum absolute atomic E-state index is 12.6. The number of fused-ring (bicyclic) bond motifs is 1. The molecule has 138 valence electrons. The summed E-state index contributed by atoms with van der Waals surface area (Å²) in [7, 11) is 0. The van der Waals surface area contributed by atoms with Crippen molar-refractivity contribution in [1.29, 1.82) is 0 Å². The second-order valence-corrected chi connectivity index (χ2v) is 8.36. The van der Waals surface area contributed by atoms with Gasteiger partial charge in [0.2, 0.25) is 11.9 Å². The van der Waals surface area contributed by atoms with Crippen LogP contribution in [-0.4, -0.2) is 23.4 Å². The number of benzene rings is 1. The van der Waals surface area contributed by atoms with Gasteiger partial charge in [0.15, 0.2) is 5.78 Å². The molecule has 1 aliphatic heterocycles. The smallest absolute Gasteiger partial charge is 0.220 e. The Morgan fingerprint density at radius 2 is 1.81 bits per heavy atom. The Labute approximate surface area is 154 Å². The lowest BCUT2D eigenvalue weighted by Crippen LogP contribution is -2.58. The van der Waals surface area contributed by atoms with Crippen LogP contribution in [0.1, 0.15) is 74.7 Å². The molecule has 1 aromatic rings. The summed E-state index contributed by atoms with van der Waals surface area (Å²) >= 11 is 0. The van der Waals surface area contributed by atoms with Crippen molar-refractivity contribution < 1.29 is 4.79 Å². The first kappa shape index (κ1) is 17.1. The number of ketones is 1. The van der Waals surface area contributed by atoms with Gasteiger partial charge in [0.25, 0.3) is 0 Å². The van der Waals surface area contributed by atoms with E-state index in [0.29, 0.717) is 12.4 Å². The number of Topliss-reactive ketones (excluding diaryl/α,β-unsaturated/α-hetero) is 1. The van der Waals surface area contributed by atoms with Crippen molar-refractivity contribution >= 4 is 23.4 Å². The van der Waals surface area contributed by atoms with Gasteiger partial charge in [0.1, 0.15) is 5.66 Å². The van der Waals surface area contributed by atoms with Gasteiger partial charge in [-0.05, 0) is 55.2 Å². The van der Waals surface area contributed by atoms with E-state index in [9.17, 15) is 4.79 Å². The molecule has 1 saturated carbocycles. The van der Waals surface area contributed by atoms with Gasteiger partial charge < -0.3 is 11.5 Å². The van der Waals surface area contributed by atoms with Gasteiger partial charge in [-0.2, -0.15) is 4.99 Å². The van der Waals surface area contributed by atoms with Crippen molar-refractivity contribution in [3.63, 3.8) is 0 Å². The summed E-state index contributed by atoms with van der Waals surface area (Å²) in [6.07, 6.45) is 6.61. The predicted octanol–water partition coefficient (Wildman–Crippen LogP) is 3.05. The number of carbonyl (C=O) groups excluding carboxylic acids is 1. The summed E-state index contributed by atoms with van der Waals surface area (Å²) in [5.74, 6) is 0.812. The Kier molecular flexibility index (Phi) is 3.82. The quantitative estimate of drug-likeness (QED) is 0.811. The molecule has 0 saturated heterocycles. The standard InChI is InChI=1S/C20H27N5O/c1-19(2)11-8-16(26)14-12-13(6-7-15(14)19)25-18(22)23-17(21)24-20(25)9-4-3-5-10-20/h6-7,12H,3-5,8-11H2,1-2H3,(H4,21,22,23,24). The van der Waals surface area contributed by atoms with E-state index in [4.69, 9.17) is 16.5 Å². The van der Waals surface area contributed by atoms with Gasteiger partial charge in [-0.3, -0.25) is 9.69 Å². The Hall–Kier alpha value is -2.37. The zero-order valence-electron chi connectivity index (χ0n) is 15.6. The number of hydrogen-bond donors (Lipinski definition) is 2. The predicted molar refractivity (Wildman–Crippen MR) is 105 cm³/mol. The second-order valence-electron chi connectivity index (χ2n) is 8.36. The van der Waals surface area contributed by atoms with E-state index < -0.39 is 5.66 Å². The molecule has 1 heterocycles. The summed E-state index contributed by atoms with van der Waals surface area (Å²) in [5, 5.41) is 0. The first-order valence-electron chi connectivity index (χ1n) is 9.50. The molecule has 0 unspecified atom stereocenters. The minimum absolute atomic E-state index is 0.00835.